The lowest BCUT2D eigenvalue weighted by Crippen LogP contribution is -2.38. The van der Waals surface area contributed by atoms with E-state index < -0.39 is 6.10 Å². The zero-order valence-electron chi connectivity index (χ0n) is 14.4. The van der Waals surface area contributed by atoms with Gasteiger partial charge < -0.3 is 9.67 Å². The van der Waals surface area contributed by atoms with Gasteiger partial charge in [0.1, 0.15) is 5.82 Å². The van der Waals surface area contributed by atoms with E-state index >= 15 is 0 Å². The fraction of sp³-hybridized carbons (Fsp3) is 0.250. The topological polar surface area (TPSA) is 75.4 Å². The number of rotatable bonds is 5. The van der Waals surface area contributed by atoms with Crippen LogP contribution in [-0.2, 0) is 13.0 Å². The minimum absolute atomic E-state index is 0.0397. The number of hydrogen-bond acceptors (Lipinski definition) is 4. The van der Waals surface area contributed by atoms with Crippen molar-refractivity contribution in [2.45, 2.75) is 26.0 Å². The first kappa shape index (κ1) is 16.5. The second-order valence-corrected chi connectivity index (χ2v) is 6.40. The van der Waals surface area contributed by atoms with Crippen molar-refractivity contribution < 1.29 is 14.7 Å². The number of β-amino-alcohol motifs (C(OH)–C–C–N with tert-alkyl or cyclic N) is 1. The summed E-state index contributed by atoms with van der Waals surface area (Å²) >= 11 is 0. The normalized spacial score (nSPS) is 14.9. The maximum absolute atomic E-state index is 12.5. The molecule has 26 heavy (non-hydrogen) atoms. The predicted octanol–water partition coefficient (Wildman–Crippen LogP) is 2.26. The van der Waals surface area contributed by atoms with Crippen molar-refractivity contribution >= 4 is 22.8 Å². The van der Waals surface area contributed by atoms with E-state index in [1.807, 2.05) is 35.8 Å². The average molecular weight is 349 g/mol. The number of carbonyl (C=O) groups is 2. The van der Waals surface area contributed by atoms with Gasteiger partial charge in [0.05, 0.1) is 41.4 Å². The molecule has 0 bridgehead atoms. The molecule has 0 fully saturated rings. The van der Waals surface area contributed by atoms with Crippen molar-refractivity contribution in [2.24, 2.45) is 0 Å². The highest BCUT2D eigenvalue weighted by atomic mass is 16.3. The monoisotopic (exact) mass is 349 g/mol. The molecule has 6 nitrogen and oxygen atoms in total. The van der Waals surface area contributed by atoms with Gasteiger partial charge in [-0.3, -0.25) is 14.5 Å². The Morgan fingerprint density at radius 1 is 0.962 bits per heavy atom. The maximum Gasteiger partial charge on any atom is 0.261 e. The van der Waals surface area contributed by atoms with E-state index in [0.717, 1.165) is 28.2 Å². The van der Waals surface area contributed by atoms with Crippen molar-refractivity contribution in [3.05, 3.63) is 65.5 Å². The maximum atomic E-state index is 12.5. The Hall–Kier alpha value is -2.99. The summed E-state index contributed by atoms with van der Waals surface area (Å²) in [5, 5.41) is 10.6. The van der Waals surface area contributed by atoms with E-state index in [9.17, 15) is 14.7 Å². The zero-order valence-corrected chi connectivity index (χ0v) is 14.4. The van der Waals surface area contributed by atoms with Gasteiger partial charge in [-0.1, -0.05) is 31.2 Å². The fourth-order valence-corrected chi connectivity index (χ4v) is 3.48. The molecule has 2 heterocycles. The van der Waals surface area contributed by atoms with Crippen molar-refractivity contribution in [1.29, 1.82) is 0 Å². The Bertz CT molecular complexity index is 973. The van der Waals surface area contributed by atoms with Gasteiger partial charge in [-0.15, -0.1) is 0 Å². The minimum Gasteiger partial charge on any atom is -0.389 e. The Balaban J connectivity index is 1.56. The number of aromatic nitrogens is 2. The average Bonchev–Trinajstić information content (AvgIpc) is 3.13. The summed E-state index contributed by atoms with van der Waals surface area (Å²) in [5.41, 5.74) is 2.60. The molecule has 1 aromatic heterocycles. The van der Waals surface area contributed by atoms with Gasteiger partial charge in [-0.25, -0.2) is 4.98 Å². The Labute approximate surface area is 150 Å². The zero-order chi connectivity index (χ0) is 18.3. The van der Waals surface area contributed by atoms with E-state index in [-0.39, 0.29) is 24.9 Å². The lowest BCUT2D eigenvalue weighted by molar-refractivity contribution is 0.0522. The van der Waals surface area contributed by atoms with Crippen molar-refractivity contribution in [3.63, 3.8) is 0 Å². The highest BCUT2D eigenvalue weighted by molar-refractivity contribution is 6.21. The number of amides is 2. The van der Waals surface area contributed by atoms with Gasteiger partial charge in [0.25, 0.3) is 11.8 Å². The van der Waals surface area contributed by atoms with E-state index in [2.05, 4.69) is 4.98 Å². The van der Waals surface area contributed by atoms with Crippen LogP contribution in [0.4, 0.5) is 0 Å². The number of para-hydroxylation sites is 2. The lowest BCUT2D eigenvalue weighted by Gasteiger charge is -2.20. The smallest absolute Gasteiger partial charge is 0.261 e. The van der Waals surface area contributed by atoms with Gasteiger partial charge >= 0.3 is 0 Å². The molecule has 1 N–H and O–H groups in total. The summed E-state index contributed by atoms with van der Waals surface area (Å²) in [6.45, 7) is 2.24. The van der Waals surface area contributed by atoms with Crippen molar-refractivity contribution in [1.82, 2.24) is 14.5 Å². The number of fused-ring (bicyclic) bond motifs is 2. The van der Waals surface area contributed by atoms with Crippen LogP contribution in [-0.4, -0.2) is 44.0 Å². The number of carbonyl (C=O) groups excluding carboxylic acids is 2. The van der Waals surface area contributed by atoms with Crippen LogP contribution < -0.4 is 0 Å². The molecule has 2 amide bonds. The number of imide groups is 1. The molecule has 1 aliphatic heterocycles. The fourth-order valence-electron chi connectivity index (χ4n) is 3.48. The molecule has 1 aliphatic rings. The Morgan fingerprint density at radius 2 is 1.58 bits per heavy atom. The number of aliphatic hydroxyl groups is 1. The molecule has 0 spiro atoms. The molecule has 1 atom stereocenters. The first-order chi connectivity index (χ1) is 12.6. The molecule has 4 rings (SSSR count). The minimum atomic E-state index is -0.875. The largest absolute Gasteiger partial charge is 0.389 e. The van der Waals surface area contributed by atoms with Crippen LogP contribution in [0.2, 0.25) is 0 Å². The quantitative estimate of drug-likeness (QED) is 0.717. The third-order valence-electron chi connectivity index (χ3n) is 4.71. The number of nitrogens with zero attached hydrogens (tertiary/aromatic N) is 3. The summed E-state index contributed by atoms with van der Waals surface area (Å²) in [7, 11) is 0. The lowest BCUT2D eigenvalue weighted by atomic mass is 10.1. The van der Waals surface area contributed by atoms with Crippen LogP contribution in [0.15, 0.2) is 48.5 Å². The van der Waals surface area contributed by atoms with E-state index in [1.54, 1.807) is 24.3 Å². The molecule has 6 heteroatoms. The van der Waals surface area contributed by atoms with Crippen molar-refractivity contribution in [2.75, 3.05) is 6.54 Å². The third-order valence-corrected chi connectivity index (χ3v) is 4.71. The molecular weight excluding hydrogens is 330 g/mol. The molecule has 0 saturated heterocycles. The standard InChI is InChI=1S/C20H19N3O3/c1-2-18-21-16-9-5-6-10-17(16)22(18)11-13(24)12-23-19(25)14-7-3-4-8-15(14)20(23)26/h3-10,13,24H,2,11-12H2,1H3/t13-/m1/s1. The highest BCUT2D eigenvalue weighted by Gasteiger charge is 2.36. The highest BCUT2D eigenvalue weighted by Crippen LogP contribution is 2.23. The van der Waals surface area contributed by atoms with Gasteiger partial charge in [-0.05, 0) is 24.3 Å². The van der Waals surface area contributed by atoms with Crippen LogP contribution in [0, 0.1) is 0 Å². The summed E-state index contributed by atoms with van der Waals surface area (Å²) in [6, 6.07) is 14.5. The molecule has 132 valence electrons. The van der Waals surface area contributed by atoms with Gasteiger partial charge in [0.15, 0.2) is 0 Å². The van der Waals surface area contributed by atoms with Gasteiger partial charge in [0.2, 0.25) is 0 Å². The van der Waals surface area contributed by atoms with Crippen LogP contribution in [0.5, 0.6) is 0 Å². The van der Waals surface area contributed by atoms with Crippen LogP contribution in [0.25, 0.3) is 11.0 Å². The van der Waals surface area contributed by atoms with Gasteiger partial charge in [0, 0.05) is 6.42 Å². The molecule has 0 unspecified atom stereocenters. The third kappa shape index (κ3) is 2.59. The van der Waals surface area contributed by atoms with E-state index in [0.29, 0.717) is 11.1 Å². The molecule has 0 saturated carbocycles. The second-order valence-electron chi connectivity index (χ2n) is 6.40. The second kappa shape index (κ2) is 6.38. The van der Waals surface area contributed by atoms with E-state index in [1.165, 1.54) is 0 Å². The van der Waals surface area contributed by atoms with Gasteiger partial charge in [-0.2, -0.15) is 0 Å². The number of aryl methyl sites for hydroxylation is 1. The number of hydrogen-bond donors (Lipinski definition) is 1. The number of benzene rings is 2. The molecule has 3 aromatic rings. The van der Waals surface area contributed by atoms with E-state index in [4.69, 9.17) is 0 Å². The molecule has 0 aliphatic carbocycles. The first-order valence-electron chi connectivity index (χ1n) is 8.67. The Morgan fingerprint density at radius 3 is 2.23 bits per heavy atom. The molecule has 0 radical (unpaired) electrons. The number of aliphatic hydroxyl groups excluding tert-OH is 1. The van der Waals surface area contributed by atoms with Crippen LogP contribution >= 0.6 is 0 Å². The summed E-state index contributed by atoms with van der Waals surface area (Å²) in [5.74, 6) is 0.166. The Kier molecular flexibility index (Phi) is 4.05. The predicted molar refractivity (Wildman–Crippen MR) is 96.9 cm³/mol. The molecular formula is C20H19N3O3. The van der Waals surface area contributed by atoms with Crippen LogP contribution in [0.3, 0.4) is 0 Å². The summed E-state index contributed by atoms with van der Waals surface area (Å²) in [4.78, 5) is 30.6. The van der Waals surface area contributed by atoms with Crippen LogP contribution in [0.1, 0.15) is 33.5 Å². The van der Waals surface area contributed by atoms with Crippen molar-refractivity contribution in [3.8, 4) is 0 Å². The number of imidazole rings is 1. The first-order valence-corrected chi connectivity index (χ1v) is 8.67. The SMILES string of the molecule is CCc1nc2ccccc2n1C[C@@H](O)CN1C(=O)c2ccccc2C1=O. The molecule has 2 aromatic carbocycles. The summed E-state index contributed by atoms with van der Waals surface area (Å²) < 4.78 is 1.96. The summed E-state index contributed by atoms with van der Waals surface area (Å²) in [6.07, 6.45) is -0.144.